The zero-order valence-corrected chi connectivity index (χ0v) is 17.5. The maximum atomic E-state index is 12.0. The van der Waals surface area contributed by atoms with Crippen molar-refractivity contribution in [1.29, 1.82) is 0 Å². The van der Waals surface area contributed by atoms with Gasteiger partial charge >= 0.3 is 13.8 Å². The molecule has 0 radical (unpaired) electrons. The Morgan fingerprint density at radius 1 is 1.29 bits per heavy atom. The Kier molecular flexibility index (Phi) is 6.69. The lowest BCUT2D eigenvalue weighted by Gasteiger charge is -2.17. The Labute approximate surface area is 175 Å². The second-order valence-corrected chi connectivity index (χ2v) is 8.67. The SMILES string of the molecule is CC(C)CC(=O)C(=O)OP(=O)(O)OC[C@H]1O[C@@H](n2cnc3c(N)ncnc32)[C@H](O)[C@@H]1O. The van der Waals surface area contributed by atoms with E-state index in [9.17, 15) is 29.3 Å². The minimum atomic E-state index is -4.97. The first-order valence-corrected chi connectivity index (χ1v) is 10.7. The Morgan fingerprint density at radius 2 is 2.00 bits per heavy atom. The van der Waals surface area contributed by atoms with Crippen LogP contribution in [-0.4, -0.2) is 71.3 Å². The molecule has 3 heterocycles. The van der Waals surface area contributed by atoms with Crippen LogP contribution in [0.3, 0.4) is 0 Å². The highest BCUT2D eigenvalue weighted by atomic mass is 31.2. The second-order valence-electron chi connectivity index (χ2n) is 7.29. The van der Waals surface area contributed by atoms with E-state index in [-0.39, 0.29) is 29.3 Å². The molecule has 0 spiro atoms. The van der Waals surface area contributed by atoms with Gasteiger partial charge in [-0.3, -0.25) is 18.8 Å². The number of phosphoric acid groups is 1. The quantitative estimate of drug-likeness (QED) is 0.285. The number of rotatable bonds is 8. The van der Waals surface area contributed by atoms with E-state index < -0.39 is 50.7 Å². The molecule has 3 rings (SSSR count). The minimum absolute atomic E-state index is 0.103. The molecule has 1 aliphatic rings. The Morgan fingerprint density at radius 3 is 2.68 bits per heavy atom. The number of aromatic nitrogens is 4. The third-order valence-corrected chi connectivity index (χ3v) is 5.29. The number of imidazole rings is 1. The monoisotopic (exact) mass is 459 g/mol. The number of nitrogens with two attached hydrogens (primary N) is 1. The van der Waals surface area contributed by atoms with Gasteiger partial charge in [-0.1, -0.05) is 13.8 Å². The standard InChI is InChI=1S/C16H22N5O9P/c1-7(2)3-8(22)16(25)30-31(26,27)28-4-9-11(23)12(24)15(29-9)21-6-20-10-13(17)18-5-19-14(10)21/h5-7,9,11-12,15,23-24H,3-4H2,1-2H3,(H,26,27)(H2,17,18,19)/t9-,11-,12-,15-/m1/s1. The van der Waals surface area contributed by atoms with Gasteiger partial charge in [0.05, 0.1) is 12.9 Å². The molecule has 1 saturated heterocycles. The molecule has 1 fully saturated rings. The molecular formula is C16H22N5O9P. The first-order chi connectivity index (χ1) is 14.5. The summed E-state index contributed by atoms with van der Waals surface area (Å²) >= 11 is 0. The van der Waals surface area contributed by atoms with Crippen LogP contribution < -0.4 is 5.73 Å². The second kappa shape index (κ2) is 8.94. The zero-order valence-electron chi connectivity index (χ0n) is 16.6. The van der Waals surface area contributed by atoms with Gasteiger partial charge in [0.2, 0.25) is 5.78 Å². The van der Waals surface area contributed by atoms with Gasteiger partial charge in [0.25, 0.3) is 0 Å². The predicted molar refractivity (Wildman–Crippen MR) is 102 cm³/mol. The number of carbonyl (C=O) groups is 2. The van der Waals surface area contributed by atoms with Crippen molar-refractivity contribution >= 4 is 36.6 Å². The third-order valence-electron chi connectivity index (χ3n) is 4.42. The van der Waals surface area contributed by atoms with Crippen molar-refractivity contribution in [3.05, 3.63) is 12.7 Å². The number of aliphatic hydroxyl groups is 2. The van der Waals surface area contributed by atoms with Crippen LogP contribution in [0, 0.1) is 5.92 Å². The highest BCUT2D eigenvalue weighted by Gasteiger charge is 2.45. The van der Waals surface area contributed by atoms with Crippen LogP contribution in [0.1, 0.15) is 26.5 Å². The Balaban J connectivity index is 1.65. The molecule has 0 amide bonds. The van der Waals surface area contributed by atoms with Gasteiger partial charge in [-0.15, -0.1) is 0 Å². The number of anilines is 1. The first kappa shape index (κ1) is 23.2. The van der Waals surface area contributed by atoms with Gasteiger partial charge in [-0.2, -0.15) is 0 Å². The molecule has 0 aliphatic carbocycles. The van der Waals surface area contributed by atoms with Crippen molar-refractivity contribution in [2.45, 2.75) is 44.8 Å². The smallest absolute Gasteiger partial charge is 0.387 e. The summed E-state index contributed by atoms with van der Waals surface area (Å²) in [6.45, 7) is 2.65. The Bertz CT molecular complexity index is 1030. The average molecular weight is 459 g/mol. The van der Waals surface area contributed by atoms with Crippen molar-refractivity contribution in [3.63, 3.8) is 0 Å². The van der Waals surface area contributed by atoms with Gasteiger partial charge < -0.3 is 25.2 Å². The third kappa shape index (κ3) is 5.06. The molecule has 5 atom stereocenters. The topological polar surface area (TPSA) is 209 Å². The average Bonchev–Trinajstić information content (AvgIpc) is 3.22. The van der Waals surface area contributed by atoms with E-state index in [0.29, 0.717) is 0 Å². The van der Waals surface area contributed by atoms with Gasteiger partial charge in [0.1, 0.15) is 30.2 Å². The van der Waals surface area contributed by atoms with E-state index in [4.69, 9.17) is 10.5 Å². The van der Waals surface area contributed by atoms with Crippen LogP contribution in [0.15, 0.2) is 12.7 Å². The summed E-state index contributed by atoms with van der Waals surface area (Å²) in [6.07, 6.45) is -3.15. The number of phosphoric ester groups is 1. The van der Waals surface area contributed by atoms with Crippen molar-refractivity contribution in [2.24, 2.45) is 5.92 Å². The molecule has 2 aromatic rings. The molecule has 2 aromatic heterocycles. The number of ether oxygens (including phenoxy) is 1. The summed E-state index contributed by atoms with van der Waals surface area (Å²) in [7, 11) is -4.97. The molecule has 14 nitrogen and oxygen atoms in total. The number of fused-ring (bicyclic) bond motifs is 1. The normalized spacial score (nSPS) is 25.6. The highest BCUT2D eigenvalue weighted by Crippen LogP contribution is 2.44. The number of aliphatic hydroxyl groups excluding tert-OH is 2. The van der Waals surface area contributed by atoms with Gasteiger partial charge in [-0.05, 0) is 5.92 Å². The van der Waals surface area contributed by atoms with Gasteiger partial charge in [0, 0.05) is 6.42 Å². The molecular weight excluding hydrogens is 437 g/mol. The molecule has 170 valence electrons. The van der Waals surface area contributed by atoms with Crippen molar-refractivity contribution in [1.82, 2.24) is 19.5 Å². The summed E-state index contributed by atoms with van der Waals surface area (Å²) in [5.41, 5.74) is 6.20. The number of nitrogen functional groups attached to an aromatic ring is 1. The lowest BCUT2D eigenvalue weighted by Crippen LogP contribution is -2.33. The van der Waals surface area contributed by atoms with Gasteiger partial charge in [0.15, 0.2) is 17.7 Å². The maximum Gasteiger partial charge on any atom is 0.530 e. The van der Waals surface area contributed by atoms with Crippen LogP contribution in [0.2, 0.25) is 0 Å². The summed E-state index contributed by atoms with van der Waals surface area (Å²) < 4.78 is 27.7. The molecule has 5 N–H and O–H groups in total. The zero-order chi connectivity index (χ0) is 22.9. The van der Waals surface area contributed by atoms with Crippen LogP contribution >= 0.6 is 7.82 Å². The number of hydrogen-bond acceptors (Lipinski definition) is 12. The number of carbonyl (C=O) groups excluding carboxylic acids is 2. The van der Waals surface area contributed by atoms with Gasteiger partial charge in [-0.25, -0.2) is 24.3 Å². The van der Waals surface area contributed by atoms with Crippen molar-refractivity contribution < 1.29 is 43.0 Å². The van der Waals surface area contributed by atoms with Crippen molar-refractivity contribution in [2.75, 3.05) is 12.3 Å². The van der Waals surface area contributed by atoms with Crippen LogP contribution in [0.25, 0.3) is 11.2 Å². The number of nitrogens with zero attached hydrogens (tertiary/aromatic N) is 4. The summed E-state index contributed by atoms with van der Waals surface area (Å²) in [6, 6.07) is 0. The molecule has 0 aromatic carbocycles. The lowest BCUT2D eigenvalue weighted by molar-refractivity contribution is -0.149. The number of Topliss-reactive ketones (excluding diaryl/α,β-unsaturated/α-hetero) is 1. The molecule has 1 unspecified atom stereocenters. The van der Waals surface area contributed by atoms with Crippen molar-refractivity contribution in [3.8, 4) is 0 Å². The van der Waals surface area contributed by atoms with E-state index in [1.165, 1.54) is 17.2 Å². The summed E-state index contributed by atoms with van der Waals surface area (Å²) in [4.78, 5) is 44.8. The molecule has 31 heavy (non-hydrogen) atoms. The van der Waals surface area contributed by atoms with E-state index >= 15 is 0 Å². The van der Waals surface area contributed by atoms with Crippen LogP contribution in [0.5, 0.6) is 0 Å². The molecule has 15 heteroatoms. The minimum Gasteiger partial charge on any atom is -0.387 e. The number of hydrogen-bond donors (Lipinski definition) is 4. The fraction of sp³-hybridized carbons (Fsp3) is 0.562. The van der Waals surface area contributed by atoms with E-state index in [0.717, 1.165) is 0 Å². The fourth-order valence-electron chi connectivity index (χ4n) is 2.96. The van der Waals surface area contributed by atoms with Crippen LogP contribution in [-0.2, 0) is 27.9 Å². The molecule has 0 saturated carbocycles. The van der Waals surface area contributed by atoms with E-state index in [1.807, 2.05) is 0 Å². The largest absolute Gasteiger partial charge is 0.530 e. The lowest BCUT2D eigenvalue weighted by atomic mass is 10.1. The first-order valence-electron chi connectivity index (χ1n) is 9.19. The predicted octanol–water partition coefficient (Wildman–Crippen LogP) is -0.697. The Hall–Kier alpha value is -2.48. The summed E-state index contributed by atoms with van der Waals surface area (Å²) in [5, 5.41) is 20.6. The maximum absolute atomic E-state index is 12.0. The number of ketones is 1. The summed E-state index contributed by atoms with van der Waals surface area (Å²) in [5.74, 6) is -2.53. The van der Waals surface area contributed by atoms with E-state index in [1.54, 1.807) is 13.8 Å². The van der Waals surface area contributed by atoms with Crippen LogP contribution in [0.4, 0.5) is 5.82 Å². The molecule has 1 aliphatic heterocycles. The fourth-order valence-corrected chi connectivity index (χ4v) is 3.66. The van der Waals surface area contributed by atoms with E-state index in [2.05, 4.69) is 24.0 Å². The molecule has 0 bridgehead atoms. The highest BCUT2D eigenvalue weighted by molar-refractivity contribution is 7.48.